The van der Waals surface area contributed by atoms with Crippen LogP contribution in [0.5, 0.6) is 0 Å². The van der Waals surface area contributed by atoms with E-state index in [-0.39, 0.29) is 23.2 Å². The van der Waals surface area contributed by atoms with Crippen LogP contribution in [-0.2, 0) is 20.9 Å². The molecule has 0 amide bonds. The summed E-state index contributed by atoms with van der Waals surface area (Å²) in [6, 6.07) is 0. The normalized spacial score (nSPS) is 21.0. The first-order valence-electron chi connectivity index (χ1n) is 6.88. The summed E-state index contributed by atoms with van der Waals surface area (Å²) in [6.45, 7) is 2.72. The zero-order valence-electron chi connectivity index (χ0n) is 12.7. The summed E-state index contributed by atoms with van der Waals surface area (Å²) in [5, 5.41) is 8.06. The van der Waals surface area contributed by atoms with Gasteiger partial charge in [0.25, 0.3) is 0 Å². The van der Waals surface area contributed by atoms with E-state index in [1.807, 2.05) is 13.1 Å². The number of carbonyl (C=O) groups excluding carboxylic acids is 2. The highest BCUT2D eigenvalue weighted by atomic mass is 16.5. The number of ketones is 1. The van der Waals surface area contributed by atoms with Gasteiger partial charge in [0, 0.05) is 44.9 Å². The predicted octanol–water partition coefficient (Wildman–Crippen LogP) is 0.589. The number of hydrogen-bond donors (Lipinski definition) is 0. The van der Waals surface area contributed by atoms with Gasteiger partial charge in [0.1, 0.15) is 5.57 Å². The smallest absolute Gasteiger partial charge is 0.342 e. The number of rotatable bonds is 6. The molecule has 0 saturated heterocycles. The molecule has 2 rings (SSSR count). The second kappa shape index (κ2) is 6.07. The first-order chi connectivity index (χ1) is 9.97. The van der Waals surface area contributed by atoms with Crippen molar-refractivity contribution in [2.24, 2.45) is 5.92 Å². The Kier molecular flexibility index (Phi) is 4.40. The average Bonchev–Trinajstić information content (AvgIpc) is 3.12. The molecular weight excluding hydrogens is 272 g/mol. The Morgan fingerprint density at radius 2 is 2.24 bits per heavy atom. The Morgan fingerprint density at radius 3 is 2.76 bits per heavy atom. The Balaban J connectivity index is 2.11. The fraction of sp³-hybridized carbons (Fsp3) is 0.571. The Bertz CT molecular complexity index is 577. The van der Waals surface area contributed by atoms with Crippen LogP contribution in [0.2, 0.25) is 0 Å². The van der Waals surface area contributed by atoms with Gasteiger partial charge in [-0.15, -0.1) is 5.10 Å². The van der Waals surface area contributed by atoms with Crippen LogP contribution in [0.25, 0.3) is 0 Å². The molecule has 0 aliphatic heterocycles. The lowest BCUT2D eigenvalue weighted by atomic mass is 10.1. The fourth-order valence-corrected chi connectivity index (χ4v) is 2.23. The van der Waals surface area contributed by atoms with E-state index in [9.17, 15) is 9.59 Å². The number of ether oxygens (including phenoxy) is 1. The van der Waals surface area contributed by atoms with E-state index in [1.54, 1.807) is 23.7 Å². The van der Waals surface area contributed by atoms with Gasteiger partial charge in [-0.3, -0.25) is 9.48 Å². The van der Waals surface area contributed by atoms with Gasteiger partial charge < -0.3 is 9.64 Å². The molecule has 0 bridgehead atoms. The number of hydrogen-bond acceptors (Lipinski definition) is 6. The van der Waals surface area contributed by atoms with Gasteiger partial charge in [-0.25, -0.2) is 4.79 Å². The Morgan fingerprint density at radius 1 is 1.52 bits per heavy atom. The summed E-state index contributed by atoms with van der Waals surface area (Å²) in [5.41, 5.74) is 0.891. The summed E-state index contributed by atoms with van der Waals surface area (Å²) in [4.78, 5) is 25.9. The van der Waals surface area contributed by atoms with Crippen LogP contribution in [0, 0.1) is 5.92 Å². The first-order valence-corrected chi connectivity index (χ1v) is 6.88. The van der Waals surface area contributed by atoms with E-state index in [4.69, 9.17) is 0 Å². The van der Waals surface area contributed by atoms with Gasteiger partial charge in [-0.05, 0) is 13.3 Å². The molecule has 0 aromatic carbocycles. The number of methoxy groups -OCH3 is 1. The zero-order valence-corrected chi connectivity index (χ0v) is 12.7. The van der Waals surface area contributed by atoms with Gasteiger partial charge in [0.2, 0.25) is 0 Å². The summed E-state index contributed by atoms with van der Waals surface area (Å²) in [7, 11) is 4.79. The predicted molar refractivity (Wildman–Crippen MR) is 75.3 cm³/mol. The molecule has 1 aromatic heterocycles. The molecule has 114 valence electrons. The fourth-order valence-electron chi connectivity index (χ4n) is 2.23. The number of aromatic nitrogens is 3. The van der Waals surface area contributed by atoms with Crippen molar-refractivity contribution in [2.45, 2.75) is 25.8 Å². The first kappa shape index (κ1) is 15.2. The van der Waals surface area contributed by atoms with Crippen molar-refractivity contribution in [3.05, 3.63) is 23.7 Å². The highest BCUT2D eigenvalue weighted by Gasteiger charge is 2.47. The summed E-state index contributed by atoms with van der Waals surface area (Å²) < 4.78 is 6.42. The molecule has 2 unspecified atom stereocenters. The van der Waals surface area contributed by atoms with Crippen LogP contribution >= 0.6 is 0 Å². The molecule has 0 spiro atoms. The van der Waals surface area contributed by atoms with Crippen LogP contribution < -0.4 is 0 Å². The minimum absolute atomic E-state index is 0.0491. The maximum Gasteiger partial charge on any atom is 0.342 e. The number of Topliss-reactive ketones (excluding diaryl/α,β-unsaturated/α-hetero) is 1. The molecule has 0 radical (unpaired) electrons. The van der Waals surface area contributed by atoms with Gasteiger partial charge in [-0.2, -0.15) is 0 Å². The highest BCUT2D eigenvalue weighted by Crippen LogP contribution is 2.48. The molecule has 1 saturated carbocycles. The third-order valence-corrected chi connectivity index (χ3v) is 3.45. The number of nitrogens with zero attached hydrogens (tertiary/aromatic N) is 4. The van der Waals surface area contributed by atoms with E-state index in [2.05, 4.69) is 15.0 Å². The maximum atomic E-state index is 12.5. The van der Waals surface area contributed by atoms with Crippen LogP contribution in [0.4, 0.5) is 0 Å². The molecule has 1 aliphatic carbocycles. The molecule has 1 aliphatic rings. The zero-order chi connectivity index (χ0) is 15.6. The van der Waals surface area contributed by atoms with Crippen molar-refractivity contribution < 1.29 is 14.3 Å². The van der Waals surface area contributed by atoms with Gasteiger partial charge in [0.15, 0.2) is 5.78 Å². The molecular formula is C14H20N4O3. The number of esters is 1. The molecule has 21 heavy (non-hydrogen) atoms. The standard InChI is InChI=1S/C14H20N4O3/c1-5-18-8-12(15-16-18)9-6-10(9)13(19)11(7-17(2)3)14(20)21-4/h7-10H,5-6H2,1-4H3/b11-7+. The lowest BCUT2D eigenvalue weighted by molar-refractivity contribution is -0.138. The quantitative estimate of drug-likeness (QED) is 0.330. The average molecular weight is 292 g/mol. The van der Waals surface area contributed by atoms with Crippen LogP contribution in [0.15, 0.2) is 18.0 Å². The SMILES string of the molecule is CCn1cc(C2CC2C(=O)/C(=C\N(C)C)C(=O)OC)nn1. The van der Waals surface area contributed by atoms with Crippen molar-refractivity contribution in [3.63, 3.8) is 0 Å². The second-order valence-corrected chi connectivity index (χ2v) is 5.31. The van der Waals surface area contributed by atoms with Crippen LogP contribution in [0.1, 0.15) is 25.0 Å². The van der Waals surface area contributed by atoms with Gasteiger partial charge in [0.05, 0.1) is 12.8 Å². The maximum absolute atomic E-state index is 12.5. The van der Waals surface area contributed by atoms with Crippen molar-refractivity contribution in [1.82, 2.24) is 19.9 Å². The van der Waals surface area contributed by atoms with E-state index in [0.717, 1.165) is 12.2 Å². The Hall–Kier alpha value is -2.18. The molecule has 2 atom stereocenters. The minimum atomic E-state index is -0.600. The lowest BCUT2D eigenvalue weighted by Crippen LogP contribution is -2.19. The van der Waals surface area contributed by atoms with E-state index in [0.29, 0.717) is 6.42 Å². The molecule has 1 aromatic rings. The monoisotopic (exact) mass is 292 g/mol. The summed E-state index contributed by atoms with van der Waals surface area (Å²) >= 11 is 0. The molecule has 7 nitrogen and oxygen atoms in total. The number of carbonyl (C=O) groups is 2. The highest BCUT2D eigenvalue weighted by molar-refractivity contribution is 6.19. The van der Waals surface area contributed by atoms with Crippen molar-refractivity contribution >= 4 is 11.8 Å². The van der Waals surface area contributed by atoms with Crippen LogP contribution in [-0.4, -0.2) is 52.9 Å². The number of aryl methyl sites for hydroxylation is 1. The van der Waals surface area contributed by atoms with Gasteiger partial charge >= 0.3 is 5.97 Å². The molecule has 1 fully saturated rings. The van der Waals surface area contributed by atoms with Crippen molar-refractivity contribution in [3.8, 4) is 0 Å². The van der Waals surface area contributed by atoms with E-state index >= 15 is 0 Å². The minimum Gasteiger partial charge on any atom is -0.465 e. The van der Waals surface area contributed by atoms with Crippen LogP contribution in [0.3, 0.4) is 0 Å². The molecule has 7 heteroatoms. The lowest BCUT2D eigenvalue weighted by Gasteiger charge is -2.09. The topological polar surface area (TPSA) is 77.3 Å². The Labute approximate surface area is 123 Å². The molecule has 0 N–H and O–H groups in total. The van der Waals surface area contributed by atoms with Gasteiger partial charge in [-0.1, -0.05) is 5.21 Å². The van der Waals surface area contributed by atoms with Crippen molar-refractivity contribution in [2.75, 3.05) is 21.2 Å². The summed E-state index contributed by atoms with van der Waals surface area (Å²) in [6.07, 6.45) is 4.06. The van der Waals surface area contributed by atoms with E-state index < -0.39 is 5.97 Å². The third kappa shape index (κ3) is 3.29. The molecule has 1 heterocycles. The van der Waals surface area contributed by atoms with Crippen molar-refractivity contribution in [1.29, 1.82) is 0 Å². The summed E-state index contributed by atoms with van der Waals surface area (Å²) in [5.74, 6) is -0.950. The third-order valence-electron chi connectivity index (χ3n) is 3.45. The van der Waals surface area contributed by atoms with E-state index in [1.165, 1.54) is 13.3 Å². The largest absolute Gasteiger partial charge is 0.465 e. The second-order valence-electron chi connectivity index (χ2n) is 5.31.